The first kappa shape index (κ1) is 36.0. The number of aromatic nitrogens is 1. The Morgan fingerprint density at radius 3 is 1.63 bits per heavy atom. The average molecular weight is 803 g/mol. The van der Waals surface area contributed by atoms with E-state index in [1.165, 1.54) is 81.7 Å². The third-order valence-corrected chi connectivity index (χ3v) is 15.6. The van der Waals surface area contributed by atoms with Gasteiger partial charge in [-0.3, -0.25) is 0 Å². The number of fused-ring (bicyclic) bond motifs is 6. The van der Waals surface area contributed by atoms with E-state index >= 15 is 4.39 Å². The fourth-order valence-corrected chi connectivity index (χ4v) is 13.2. The van der Waals surface area contributed by atoms with Crippen molar-refractivity contribution in [2.24, 2.45) is 23.7 Å². The molecule has 4 fully saturated rings. The molecule has 0 aliphatic heterocycles. The molecule has 1 aromatic heterocycles. The second-order valence-electron chi connectivity index (χ2n) is 18.7. The fourth-order valence-electron chi connectivity index (χ4n) is 13.2. The van der Waals surface area contributed by atoms with Crippen LogP contribution in [0.1, 0.15) is 48.8 Å². The van der Waals surface area contributed by atoms with Gasteiger partial charge in [-0.1, -0.05) is 115 Å². The molecule has 14 rings (SSSR count). The summed E-state index contributed by atoms with van der Waals surface area (Å²) in [7, 11) is 0. The van der Waals surface area contributed by atoms with Gasteiger partial charge in [0.15, 0.2) is 0 Å². The smallest absolute Gasteiger partial charge is 0.128 e. The Morgan fingerprint density at radius 1 is 0.468 bits per heavy atom. The van der Waals surface area contributed by atoms with Crippen molar-refractivity contribution >= 4 is 38.9 Å². The molecule has 300 valence electrons. The SMILES string of the molecule is Cc1ccc(N(c2ccc(-c3ccccc3-c3ccc4c(c3)-c3ccccc3C43C4CC5CC(C4)CC3C5)cc2)c2ccc(-n3c4ccccc4c4ccccc43)cc2)cc1F. The molecule has 2 nitrogen and oxygen atoms in total. The summed E-state index contributed by atoms with van der Waals surface area (Å²) in [6.45, 7) is 1.82. The monoisotopic (exact) mass is 802 g/mol. The van der Waals surface area contributed by atoms with E-state index in [9.17, 15) is 0 Å². The lowest BCUT2D eigenvalue weighted by molar-refractivity contribution is -0.0399. The minimum Gasteiger partial charge on any atom is -0.310 e. The van der Waals surface area contributed by atoms with Gasteiger partial charge in [0, 0.05) is 38.9 Å². The van der Waals surface area contributed by atoms with Crippen molar-refractivity contribution in [2.75, 3.05) is 4.90 Å². The van der Waals surface area contributed by atoms with E-state index in [0.29, 0.717) is 5.56 Å². The lowest BCUT2D eigenvalue weighted by Crippen LogP contribution is -2.55. The van der Waals surface area contributed by atoms with Gasteiger partial charge in [0.2, 0.25) is 0 Å². The number of aryl methyl sites for hydroxylation is 1. The van der Waals surface area contributed by atoms with Crippen LogP contribution in [0.3, 0.4) is 0 Å². The summed E-state index contributed by atoms with van der Waals surface area (Å²) in [6, 6.07) is 65.9. The molecule has 62 heavy (non-hydrogen) atoms. The zero-order chi connectivity index (χ0) is 41.1. The van der Waals surface area contributed by atoms with Crippen LogP contribution in [0.4, 0.5) is 21.5 Å². The van der Waals surface area contributed by atoms with Crippen LogP contribution in [0.5, 0.6) is 0 Å². The highest BCUT2D eigenvalue weighted by Crippen LogP contribution is 2.69. The molecule has 1 spiro atoms. The van der Waals surface area contributed by atoms with E-state index in [1.54, 1.807) is 17.2 Å². The predicted octanol–water partition coefficient (Wildman–Crippen LogP) is 15.8. The van der Waals surface area contributed by atoms with E-state index in [-0.39, 0.29) is 11.2 Å². The van der Waals surface area contributed by atoms with E-state index in [1.807, 2.05) is 19.1 Å². The second-order valence-corrected chi connectivity index (χ2v) is 18.7. The van der Waals surface area contributed by atoms with Crippen LogP contribution in [0.2, 0.25) is 0 Å². The lowest BCUT2D eigenvalue weighted by Gasteiger charge is -2.61. The van der Waals surface area contributed by atoms with Gasteiger partial charge in [-0.25, -0.2) is 4.39 Å². The number of hydrogen-bond acceptors (Lipinski definition) is 1. The first-order valence-electron chi connectivity index (χ1n) is 22.6. The average Bonchev–Trinajstić information content (AvgIpc) is 3.80. The zero-order valence-corrected chi connectivity index (χ0v) is 34.9. The Morgan fingerprint density at radius 2 is 0.984 bits per heavy atom. The summed E-state index contributed by atoms with van der Waals surface area (Å²) in [4.78, 5) is 2.16. The molecule has 0 N–H and O–H groups in total. The normalized spacial score (nSPS) is 21.8. The maximum atomic E-state index is 15.3. The first-order valence-corrected chi connectivity index (χ1v) is 22.6. The Bertz CT molecular complexity index is 3140. The minimum absolute atomic E-state index is 0.171. The molecule has 0 unspecified atom stereocenters. The van der Waals surface area contributed by atoms with Gasteiger partial charge in [0.25, 0.3) is 0 Å². The highest BCUT2D eigenvalue weighted by Gasteiger charge is 2.61. The topological polar surface area (TPSA) is 8.17 Å². The van der Waals surface area contributed by atoms with Gasteiger partial charge in [0.1, 0.15) is 5.82 Å². The Kier molecular flexibility index (Phi) is 7.92. The highest BCUT2D eigenvalue weighted by atomic mass is 19.1. The molecular weight excluding hydrogens is 756 g/mol. The van der Waals surface area contributed by atoms with Crippen LogP contribution in [-0.4, -0.2) is 4.57 Å². The summed E-state index contributed by atoms with van der Waals surface area (Å²) < 4.78 is 17.7. The van der Waals surface area contributed by atoms with Gasteiger partial charge in [0.05, 0.1) is 11.0 Å². The van der Waals surface area contributed by atoms with E-state index < -0.39 is 0 Å². The van der Waals surface area contributed by atoms with Gasteiger partial charge < -0.3 is 9.47 Å². The number of halogens is 1. The molecule has 4 saturated carbocycles. The van der Waals surface area contributed by atoms with Crippen LogP contribution in [-0.2, 0) is 5.41 Å². The zero-order valence-electron chi connectivity index (χ0n) is 34.9. The summed E-state index contributed by atoms with van der Waals surface area (Å²) in [5.41, 5.74) is 17.9. The highest BCUT2D eigenvalue weighted by molar-refractivity contribution is 6.09. The number of benzene rings is 8. The molecule has 4 bridgehead atoms. The summed E-state index contributed by atoms with van der Waals surface area (Å²) in [5, 5.41) is 2.47. The standard InChI is InChI=1S/C59H47FN2/c1-37-18-22-47(36-56(37)60)61(45-25-27-46(28-26-45)62-57-16-8-5-13-51(57)52-14-6-9-17-58(52)62)44-23-19-40(20-24-44)48-10-2-3-11-49(48)41-21-29-55-53(35-41)50-12-4-7-15-54(50)59(55)42-31-38-30-39(33-42)34-43(59)32-38/h2-29,35-36,38-39,42-43H,30-34H2,1H3. The lowest BCUT2D eigenvalue weighted by atomic mass is 9.43. The largest absolute Gasteiger partial charge is 0.310 e. The van der Waals surface area contributed by atoms with E-state index in [4.69, 9.17) is 0 Å². The number of hydrogen-bond donors (Lipinski definition) is 0. The van der Waals surface area contributed by atoms with Crippen molar-refractivity contribution in [1.82, 2.24) is 4.57 Å². The van der Waals surface area contributed by atoms with E-state index in [0.717, 1.165) is 52.0 Å². The molecule has 5 aliphatic carbocycles. The number of anilines is 3. The maximum absolute atomic E-state index is 15.3. The van der Waals surface area contributed by atoms with E-state index in [2.05, 4.69) is 173 Å². The van der Waals surface area contributed by atoms with Crippen LogP contribution >= 0.6 is 0 Å². The molecule has 0 radical (unpaired) electrons. The third kappa shape index (κ3) is 5.21. The van der Waals surface area contributed by atoms with Gasteiger partial charge in [-0.2, -0.15) is 0 Å². The van der Waals surface area contributed by atoms with Gasteiger partial charge >= 0.3 is 0 Å². The Balaban J connectivity index is 0.875. The number of para-hydroxylation sites is 2. The van der Waals surface area contributed by atoms with Crippen molar-refractivity contribution in [3.05, 3.63) is 204 Å². The van der Waals surface area contributed by atoms with Crippen molar-refractivity contribution in [3.63, 3.8) is 0 Å². The Labute approximate surface area is 362 Å². The number of rotatable bonds is 6. The van der Waals surface area contributed by atoms with Crippen molar-refractivity contribution in [3.8, 4) is 39.1 Å². The molecule has 0 saturated heterocycles. The molecule has 8 aromatic carbocycles. The molecule has 0 amide bonds. The van der Waals surface area contributed by atoms with Crippen molar-refractivity contribution in [1.29, 1.82) is 0 Å². The predicted molar refractivity (Wildman–Crippen MR) is 254 cm³/mol. The number of nitrogens with zero attached hydrogens (tertiary/aromatic N) is 2. The molecule has 5 aliphatic rings. The minimum atomic E-state index is -0.217. The second kappa shape index (κ2) is 13.6. The Hall–Kier alpha value is -6.71. The van der Waals surface area contributed by atoms with Crippen LogP contribution < -0.4 is 4.90 Å². The maximum Gasteiger partial charge on any atom is 0.128 e. The van der Waals surface area contributed by atoms with Crippen LogP contribution in [0.25, 0.3) is 60.9 Å². The van der Waals surface area contributed by atoms with Crippen molar-refractivity contribution < 1.29 is 4.39 Å². The molecular formula is C59H47FN2. The molecule has 0 atom stereocenters. The molecule has 3 heteroatoms. The molecule has 1 heterocycles. The van der Waals surface area contributed by atoms with Gasteiger partial charge in [-0.05, 0) is 180 Å². The summed E-state index contributed by atoms with van der Waals surface area (Å²) >= 11 is 0. The van der Waals surface area contributed by atoms with Crippen LogP contribution in [0.15, 0.2) is 182 Å². The summed E-state index contributed by atoms with van der Waals surface area (Å²) in [6.07, 6.45) is 7.04. The fraction of sp³-hybridized carbons (Fsp3) is 0.186. The molecule has 9 aromatic rings. The third-order valence-electron chi connectivity index (χ3n) is 15.6. The first-order chi connectivity index (χ1) is 30.5. The quantitative estimate of drug-likeness (QED) is 0.163. The van der Waals surface area contributed by atoms with Crippen LogP contribution in [0, 0.1) is 36.4 Å². The summed E-state index contributed by atoms with van der Waals surface area (Å²) in [5.74, 6) is 3.16. The van der Waals surface area contributed by atoms with Crippen molar-refractivity contribution in [2.45, 2.75) is 44.4 Å². The van der Waals surface area contributed by atoms with Gasteiger partial charge in [-0.15, -0.1) is 0 Å².